The second-order valence-electron chi connectivity index (χ2n) is 6.31. The highest BCUT2D eigenvalue weighted by Crippen LogP contribution is 2.26. The van der Waals surface area contributed by atoms with Gasteiger partial charge in [-0.05, 0) is 36.2 Å². The summed E-state index contributed by atoms with van der Waals surface area (Å²) in [7, 11) is 0. The van der Waals surface area contributed by atoms with Crippen molar-refractivity contribution in [1.29, 1.82) is 5.26 Å². The van der Waals surface area contributed by atoms with Gasteiger partial charge in [0.25, 0.3) is 0 Å². The van der Waals surface area contributed by atoms with Crippen LogP contribution in [0.25, 0.3) is 27.7 Å². The van der Waals surface area contributed by atoms with Gasteiger partial charge in [-0.2, -0.15) is 5.26 Å². The van der Waals surface area contributed by atoms with E-state index in [1.165, 1.54) is 16.9 Å². The number of aromatic nitrogens is 2. The Balaban J connectivity index is 1.56. The highest BCUT2D eigenvalue weighted by atomic mass is 32.1. The van der Waals surface area contributed by atoms with Gasteiger partial charge < -0.3 is 5.32 Å². The van der Waals surface area contributed by atoms with Crippen molar-refractivity contribution in [1.82, 2.24) is 9.97 Å². The minimum absolute atomic E-state index is 0.507. The van der Waals surface area contributed by atoms with Crippen molar-refractivity contribution >= 4 is 33.5 Å². The second kappa shape index (κ2) is 8.03. The molecule has 2 aromatic carbocycles. The Morgan fingerprint density at radius 2 is 2.04 bits per heavy atom. The highest BCUT2D eigenvalue weighted by Gasteiger charge is 2.09. The lowest BCUT2D eigenvalue weighted by atomic mass is 10.1. The summed E-state index contributed by atoms with van der Waals surface area (Å²) in [5.41, 5.74) is 5.60. The molecule has 28 heavy (non-hydrogen) atoms. The monoisotopic (exact) mass is 382 g/mol. The van der Waals surface area contributed by atoms with E-state index >= 15 is 0 Å². The molecular formula is C23H18N4S. The first-order valence-corrected chi connectivity index (χ1v) is 9.91. The zero-order valence-corrected chi connectivity index (χ0v) is 16.2. The smallest absolute Gasteiger partial charge is 0.136 e. The third-order valence-electron chi connectivity index (χ3n) is 4.50. The lowest BCUT2D eigenvalue weighted by Gasteiger charge is -2.03. The third-order valence-corrected chi connectivity index (χ3v) is 5.37. The van der Waals surface area contributed by atoms with Gasteiger partial charge in [0, 0.05) is 34.4 Å². The van der Waals surface area contributed by atoms with Crippen LogP contribution in [0.2, 0.25) is 0 Å². The predicted molar refractivity (Wildman–Crippen MR) is 116 cm³/mol. The van der Waals surface area contributed by atoms with Gasteiger partial charge in [0.1, 0.15) is 16.6 Å². The van der Waals surface area contributed by atoms with E-state index in [9.17, 15) is 5.26 Å². The van der Waals surface area contributed by atoms with E-state index < -0.39 is 0 Å². The summed E-state index contributed by atoms with van der Waals surface area (Å²) in [4.78, 5) is 8.97. The van der Waals surface area contributed by atoms with Gasteiger partial charge in [-0.1, -0.05) is 37.3 Å². The van der Waals surface area contributed by atoms with Gasteiger partial charge in [0.15, 0.2) is 0 Å². The summed E-state index contributed by atoms with van der Waals surface area (Å²) >= 11 is 1.47. The van der Waals surface area contributed by atoms with Crippen molar-refractivity contribution in [3.8, 4) is 17.3 Å². The molecule has 0 amide bonds. The van der Waals surface area contributed by atoms with Crippen LogP contribution in [0.15, 0.2) is 72.4 Å². The summed E-state index contributed by atoms with van der Waals surface area (Å²) in [6.45, 7) is 2.14. The quantitative estimate of drug-likeness (QED) is 0.437. The molecule has 5 heteroatoms. The summed E-state index contributed by atoms with van der Waals surface area (Å²) in [6.07, 6.45) is 4.50. The van der Waals surface area contributed by atoms with Crippen molar-refractivity contribution in [3.05, 3.63) is 82.9 Å². The summed E-state index contributed by atoms with van der Waals surface area (Å²) in [5, 5.41) is 16.5. The van der Waals surface area contributed by atoms with Gasteiger partial charge in [-0.3, -0.25) is 4.98 Å². The topological polar surface area (TPSA) is 61.6 Å². The first-order chi connectivity index (χ1) is 13.8. The van der Waals surface area contributed by atoms with Crippen LogP contribution in [-0.4, -0.2) is 9.97 Å². The van der Waals surface area contributed by atoms with Gasteiger partial charge >= 0.3 is 0 Å². The van der Waals surface area contributed by atoms with Crippen LogP contribution in [0, 0.1) is 11.3 Å². The first kappa shape index (κ1) is 17.9. The zero-order valence-electron chi connectivity index (χ0n) is 15.4. The number of anilines is 1. The Labute approximate surface area is 167 Å². The maximum Gasteiger partial charge on any atom is 0.136 e. The number of thiazole rings is 1. The first-order valence-electron chi connectivity index (χ1n) is 9.03. The Bertz CT molecular complexity index is 1180. The molecule has 4 nitrogen and oxygen atoms in total. The van der Waals surface area contributed by atoms with E-state index in [1.807, 2.05) is 35.7 Å². The molecule has 0 spiro atoms. The summed E-state index contributed by atoms with van der Waals surface area (Å²) in [5.74, 6) is 0. The van der Waals surface area contributed by atoms with Crippen molar-refractivity contribution in [2.75, 3.05) is 5.32 Å². The molecule has 136 valence electrons. The summed E-state index contributed by atoms with van der Waals surface area (Å²) in [6, 6.07) is 20.5. The summed E-state index contributed by atoms with van der Waals surface area (Å²) < 4.78 is 0. The number of allylic oxidation sites excluding steroid dienone is 1. The number of nitrogens with one attached hydrogen (secondary N) is 1. The van der Waals surface area contributed by atoms with Crippen molar-refractivity contribution in [2.24, 2.45) is 0 Å². The molecule has 0 radical (unpaired) electrons. The standard InChI is InChI=1S/C23H18N4S/c1-2-16-5-7-17(8-6-16)22-15-28-23(27-22)19(13-24)14-26-20-9-10-21-18(12-20)4-3-11-25-21/h3-12,14-15,26H,2H2,1H3/b19-14+. The fourth-order valence-corrected chi connectivity index (χ4v) is 3.70. The second-order valence-corrected chi connectivity index (χ2v) is 7.17. The lowest BCUT2D eigenvalue weighted by Crippen LogP contribution is -1.91. The van der Waals surface area contributed by atoms with Crippen LogP contribution in [0.1, 0.15) is 17.5 Å². The number of nitrogens with zero attached hydrogens (tertiary/aromatic N) is 3. The van der Waals surface area contributed by atoms with Crippen LogP contribution < -0.4 is 5.32 Å². The van der Waals surface area contributed by atoms with Gasteiger partial charge in [-0.15, -0.1) is 11.3 Å². The minimum Gasteiger partial charge on any atom is -0.360 e. The normalized spacial score (nSPS) is 11.4. The fourth-order valence-electron chi connectivity index (χ4n) is 2.90. The van der Waals surface area contributed by atoms with Gasteiger partial charge in [0.2, 0.25) is 0 Å². The van der Waals surface area contributed by atoms with E-state index in [1.54, 1.807) is 12.4 Å². The maximum atomic E-state index is 9.58. The van der Waals surface area contributed by atoms with E-state index in [0.717, 1.165) is 34.3 Å². The molecule has 0 aliphatic carbocycles. The fraction of sp³-hybridized carbons (Fsp3) is 0.0870. The molecular weight excluding hydrogens is 364 g/mol. The van der Waals surface area contributed by atoms with Crippen LogP contribution >= 0.6 is 11.3 Å². The Kier molecular flexibility index (Phi) is 5.14. The van der Waals surface area contributed by atoms with Crippen LogP contribution in [0.3, 0.4) is 0 Å². The Morgan fingerprint density at radius 3 is 2.82 bits per heavy atom. The average Bonchev–Trinajstić information content (AvgIpc) is 3.24. The number of hydrogen-bond acceptors (Lipinski definition) is 5. The number of pyridine rings is 1. The minimum atomic E-state index is 0.507. The molecule has 0 saturated heterocycles. The third kappa shape index (κ3) is 3.78. The van der Waals surface area contributed by atoms with E-state index in [-0.39, 0.29) is 0 Å². The Morgan fingerprint density at radius 1 is 1.18 bits per heavy atom. The van der Waals surface area contributed by atoms with Crippen molar-refractivity contribution in [2.45, 2.75) is 13.3 Å². The SMILES string of the molecule is CCc1ccc(-c2csc(/C(C#N)=C/Nc3ccc4ncccc4c3)n2)cc1. The van der Waals surface area contributed by atoms with Crippen LogP contribution in [0.4, 0.5) is 5.69 Å². The predicted octanol–water partition coefficient (Wildman–Crippen LogP) is 5.90. The van der Waals surface area contributed by atoms with Gasteiger partial charge in [-0.25, -0.2) is 4.98 Å². The number of fused-ring (bicyclic) bond motifs is 1. The average molecular weight is 382 g/mol. The van der Waals surface area contributed by atoms with E-state index in [4.69, 9.17) is 0 Å². The molecule has 0 unspecified atom stereocenters. The maximum absolute atomic E-state index is 9.58. The molecule has 0 bridgehead atoms. The molecule has 0 aliphatic rings. The van der Waals surface area contributed by atoms with E-state index in [2.05, 4.69) is 52.5 Å². The van der Waals surface area contributed by atoms with Crippen LogP contribution in [0.5, 0.6) is 0 Å². The van der Waals surface area contributed by atoms with Crippen molar-refractivity contribution < 1.29 is 0 Å². The van der Waals surface area contributed by atoms with Crippen molar-refractivity contribution in [3.63, 3.8) is 0 Å². The molecule has 4 aromatic rings. The largest absolute Gasteiger partial charge is 0.360 e. The molecule has 0 saturated carbocycles. The molecule has 0 atom stereocenters. The number of aryl methyl sites for hydroxylation is 1. The van der Waals surface area contributed by atoms with Crippen LogP contribution in [-0.2, 0) is 6.42 Å². The number of benzene rings is 2. The number of nitriles is 1. The molecule has 4 rings (SSSR count). The molecule has 2 aromatic heterocycles. The number of hydrogen-bond donors (Lipinski definition) is 1. The molecule has 0 aliphatic heterocycles. The molecule has 0 fully saturated rings. The lowest BCUT2D eigenvalue weighted by molar-refractivity contribution is 1.14. The zero-order chi connectivity index (χ0) is 19.3. The molecule has 2 heterocycles. The highest BCUT2D eigenvalue weighted by molar-refractivity contribution is 7.11. The van der Waals surface area contributed by atoms with E-state index in [0.29, 0.717) is 10.6 Å². The molecule has 1 N–H and O–H groups in total. The Hall–Kier alpha value is -3.49. The van der Waals surface area contributed by atoms with Gasteiger partial charge in [0.05, 0.1) is 11.2 Å². The number of rotatable bonds is 5.